The van der Waals surface area contributed by atoms with Gasteiger partial charge in [-0.2, -0.15) is 0 Å². The molecule has 0 atom stereocenters. The quantitative estimate of drug-likeness (QED) is 0.660. The van der Waals surface area contributed by atoms with Gasteiger partial charge in [0.1, 0.15) is 5.69 Å². The van der Waals surface area contributed by atoms with Gasteiger partial charge < -0.3 is 0 Å². The Hall–Kier alpha value is -1.13. The second-order valence-corrected chi connectivity index (χ2v) is 4.24. The Labute approximate surface area is 85.1 Å². The predicted octanol–water partition coefficient (Wildman–Crippen LogP) is 3.59. The van der Waals surface area contributed by atoms with Crippen LogP contribution in [0.25, 0.3) is 0 Å². The molecule has 0 saturated carbocycles. The second kappa shape index (κ2) is 3.79. The van der Waals surface area contributed by atoms with Crippen LogP contribution >= 0.6 is 0 Å². The van der Waals surface area contributed by atoms with Gasteiger partial charge >= 0.3 is 0 Å². The van der Waals surface area contributed by atoms with E-state index in [4.69, 9.17) is 0 Å². The summed E-state index contributed by atoms with van der Waals surface area (Å²) in [5.41, 5.74) is -1.62. The lowest BCUT2D eigenvalue weighted by atomic mass is 9.91. The fourth-order valence-electron chi connectivity index (χ4n) is 1.05. The van der Waals surface area contributed by atoms with Crippen molar-refractivity contribution in [2.75, 3.05) is 0 Å². The third-order valence-corrected chi connectivity index (χ3v) is 1.91. The molecule has 1 rings (SSSR count). The molecule has 5 heteroatoms. The van der Waals surface area contributed by atoms with Gasteiger partial charge in [-0.15, -0.1) is 0 Å². The second-order valence-electron chi connectivity index (χ2n) is 4.24. The van der Waals surface area contributed by atoms with E-state index in [-0.39, 0.29) is 5.69 Å². The Morgan fingerprint density at radius 2 is 1.73 bits per heavy atom. The molecule has 0 fully saturated rings. The maximum absolute atomic E-state index is 13.0. The fourth-order valence-corrected chi connectivity index (χ4v) is 1.05. The van der Waals surface area contributed by atoms with E-state index < -0.39 is 29.2 Å². The Kier molecular flexibility index (Phi) is 3.02. The SMILES string of the molecule is CC(C)(C)c1cc(F)c(F)c(C(F)F)n1. The lowest BCUT2D eigenvalue weighted by molar-refractivity contribution is 0.138. The molecule has 0 aliphatic rings. The Morgan fingerprint density at radius 1 is 1.20 bits per heavy atom. The maximum atomic E-state index is 13.0. The Balaban J connectivity index is 3.36. The number of halogens is 4. The molecule has 0 aliphatic carbocycles. The standard InChI is InChI=1S/C10H11F4N/c1-10(2,3)6-4-5(11)7(12)8(15-6)9(13)14/h4,9H,1-3H3. The number of pyridine rings is 1. The van der Waals surface area contributed by atoms with Crippen molar-refractivity contribution in [1.82, 2.24) is 4.98 Å². The molecule has 84 valence electrons. The van der Waals surface area contributed by atoms with Gasteiger partial charge in [-0.1, -0.05) is 20.8 Å². The van der Waals surface area contributed by atoms with Gasteiger partial charge in [0.25, 0.3) is 6.43 Å². The summed E-state index contributed by atoms with van der Waals surface area (Å²) in [4.78, 5) is 3.44. The van der Waals surface area contributed by atoms with Gasteiger partial charge in [0.2, 0.25) is 0 Å². The van der Waals surface area contributed by atoms with Crippen molar-refractivity contribution in [3.05, 3.63) is 29.1 Å². The van der Waals surface area contributed by atoms with Gasteiger partial charge in [0.15, 0.2) is 11.6 Å². The van der Waals surface area contributed by atoms with Crippen molar-refractivity contribution in [3.63, 3.8) is 0 Å². The number of rotatable bonds is 1. The zero-order valence-corrected chi connectivity index (χ0v) is 8.61. The molecule has 0 spiro atoms. The molecule has 0 bridgehead atoms. The minimum absolute atomic E-state index is 0.108. The average Bonchev–Trinajstić information content (AvgIpc) is 2.06. The largest absolute Gasteiger partial charge is 0.283 e. The lowest BCUT2D eigenvalue weighted by Crippen LogP contribution is -2.16. The van der Waals surface area contributed by atoms with Crippen molar-refractivity contribution < 1.29 is 17.6 Å². The summed E-state index contributed by atoms with van der Waals surface area (Å²) in [6, 6.07) is 0.848. The van der Waals surface area contributed by atoms with Crippen LogP contribution in [0.2, 0.25) is 0 Å². The highest BCUT2D eigenvalue weighted by molar-refractivity contribution is 5.21. The van der Waals surface area contributed by atoms with Crippen molar-refractivity contribution in [1.29, 1.82) is 0 Å². The molecule has 1 nitrogen and oxygen atoms in total. The molecule has 1 aromatic heterocycles. The molecule has 0 saturated heterocycles. The Morgan fingerprint density at radius 3 is 2.13 bits per heavy atom. The number of nitrogens with zero attached hydrogens (tertiary/aromatic N) is 1. The van der Waals surface area contributed by atoms with E-state index in [1.54, 1.807) is 20.8 Å². The first-order chi connectivity index (χ1) is 6.73. The molecule has 0 aromatic carbocycles. The first-order valence-corrected chi connectivity index (χ1v) is 4.38. The van der Waals surface area contributed by atoms with Crippen molar-refractivity contribution in [3.8, 4) is 0 Å². The van der Waals surface area contributed by atoms with E-state index in [0.717, 1.165) is 6.07 Å². The van der Waals surface area contributed by atoms with E-state index in [2.05, 4.69) is 4.98 Å². The van der Waals surface area contributed by atoms with Crippen LogP contribution in [0, 0.1) is 11.6 Å². The van der Waals surface area contributed by atoms with Crippen LogP contribution in [0.3, 0.4) is 0 Å². The average molecular weight is 221 g/mol. The molecule has 0 aliphatic heterocycles. The monoisotopic (exact) mass is 221 g/mol. The summed E-state index contributed by atoms with van der Waals surface area (Å²) in [6.45, 7) is 5.05. The third-order valence-electron chi connectivity index (χ3n) is 1.91. The number of hydrogen-bond acceptors (Lipinski definition) is 1. The van der Waals surface area contributed by atoms with Crippen molar-refractivity contribution >= 4 is 0 Å². The highest BCUT2D eigenvalue weighted by atomic mass is 19.3. The van der Waals surface area contributed by atoms with E-state index in [1.165, 1.54) is 0 Å². The van der Waals surface area contributed by atoms with Crippen LogP contribution in [0.1, 0.15) is 38.6 Å². The maximum Gasteiger partial charge on any atom is 0.283 e. The smallest absolute Gasteiger partial charge is 0.248 e. The summed E-state index contributed by atoms with van der Waals surface area (Å²) >= 11 is 0. The molecule has 1 aromatic rings. The highest BCUT2D eigenvalue weighted by Gasteiger charge is 2.24. The third kappa shape index (κ3) is 2.46. The molecule has 0 N–H and O–H groups in total. The lowest BCUT2D eigenvalue weighted by Gasteiger charge is -2.18. The van der Waals surface area contributed by atoms with Crippen molar-refractivity contribution in [2.24, 2.45) is 0 Å². The minimum atomic E-state index is -3.11. The summed E-state index contributed by atoms with van der Waals surface area (Å²) < 4.78 is 50.5. The number of aromatic nitrogens is 1. The van der Waals surface area contributed by atoms with Crippen LogP contribution in [-0.4, -0.2) is 4.98 Å². The van der Waals surface area contributed by atoms with Gasteiger partial charge in [-0.25, -0.2) is 22.5 Å². The first kappa shape index (κ1) is 11.9. The summed E-state index contributed by atoms with van der Waals surface area (Å²) in [5.74, 6) is -2.86. The van der Waals surface area contributed by atoms with Gasteiger partial charge in [0, 0.05) is 11.1 Å². The van der Waals surface area contributed by atoms with E-state index in [0.29, 0.717) is 0 Å². The summed E-state index contributed by atoms with van der Waals surface area (Å²) in [7, 11) is 0. The fraction of sp³-hybridized carbons (Fsp3) is 0.500. The molecule has 1 heterocycles. The molecular weight excluding hydrogens is 210 g/mol. The van der Waals surface area contributed by atoms with Crippen LogP contribution in [-0.2, 0) is 5.41 Å². The number of hydrogen-bond donors (Lipinski definition) is 0. The van der Waals surface area contributed by atoms with Crippen LogP contribution < -0.4 is 0 Å². The summed E-state index contributed by atoms with van der Waals surface area (Å²) in [5, 5.41) is 0. The minimum Gasteiger partial charge on any atom is -0.248 e. The van der Waals surface area contributed by atoms with E-state index in [1.807, 2.05) is 0 Å². The molecule has 0 radical (unpaired) electrons. The van der Waals surface area contributed by atoms with Crippen molar-refractivity contribution in [2.45, 2.75) is 32.6 Å². The normalized spacial score (nSPS) is 12.3. The van der Waals surface area contributed by atoms with E-state index >= 15 is 0 Å². The van der Waals surface area contributed by atoms with Gasteiger partial charge in [-0.05, 0) is 6.07 Å². The zero-order chi connectivity index (χ0) is 11.8. The molecule has 0 amide bonds. The van der Waals surface area contributed by atoms with Crippen LogP contribution in [0.4, 0.5) is 17.6 Å². The van der Waals surface area contributed by atoms with Gasteiger partial charge in [0.05, 0.1) is 0 Å². The zero-order valence-electron chi connectivity index (χ0n) is 8.61. The number of alkyl halides is 2. The first-order valence-electron chi connectivity index (χ1n) is 4.38. The molecular formula is C10H11F4N. The summed E-state index contributed by atoms with van der Waals surface area (Å²) in [6.07, 6.45) is -3.11. The Bertz CT molecular complexity index is 368. The van der Waals surface area contributed by atoms with Crippen LogP contribution in [0.5, 0.6) is 0 Å². The predicted molar refractivity (Wildman–Crippen MR) is 47.8 cm³/mol. The topological polar surface area (TPSA) is 12.9 Å². The van der Waals surface area contributed by atoms with Gasteiger partial charge in [-0.3, -0.25) is 0 Å². The molecule has 0 unspecified atom stereocenters. The van der Waals surface area contributed by atoms with Crippen LogP contribution in [0.15, 0.2) is 6.07 Å². The van der Waals surface area contributed by atoms with E-state index in [9.17, 15) is 17.6 Å². The highest BCUT2D eigenvalue weighted by Crippen LogP contribution is 2.27. The molecule has 15 heavy (non-hydrogen) atoms.